The van der Waals surface area contributed by atoms with E-state index in [0.717, 1.165) is 20.3 Å². The van der Waals surface area contributed by atoms with Gasteiger partial charge in [0.05, 0.1) is 6.61 Å². The van der Waals surface area contributed by atoms with Gasteiger partial charge >= 0.3 is 59.8 Å². The molecule has 11 heteroatoms. The van der Waals surface area contributed by atoms with Crippen LogP contribution < -0.4 is 31.6 Å². The summed E-state index contributed by atoms with van der Waals surface area (Å²) in [5, 5.41) is 0.980. The summed E-state index contributed by atoms with van der Waals surface area (Å²) in [4.78, 5) is 12.3. The van der Waals surface area contributed by atoms with Gasteiger partial charge in [-0.1, -0.05) is 18.2 Å². The fraction of sp³-hybridized carbons (Fsp3) is 0.167. The molecule has 2 aromatic carbocycles. The summed E-state index contributed by atoms with van der Waals surface area (Å²) in [7, 11) is -10.7. The van der Waals surface area contributed by atoms with E-state index in [4.69, 9.17) is 9.15 Å². The van der Waals surface area contributed by atoms with Crippen molar-refractivity contribution < 1.29 is 55.5 Å². The van der Waals surface area contributed by atoms with Crippen molar-refractivity contribution in [2.45, 2.75) is 13.8 Å². The van der Waals surface area contributed by atoms with Crippen molar-refractivity contribution in [2.75, 3.05) is 6.61 Å². The van der Waals surface area contributed by atoms with E-state index < -0.39 is 29.0 Å². The van der Waals surface area contributed by atoms with Crippen LogP contribution in [0.3, 0.4) is 0 Å². The van der Waals surface area contributed by atoms with Crippen LogP contribution in [0.15, 0.2) is 57.7 Å². The monoisotopic (exact) mass is 552 g/mol. The molecule has 0 aliphatic heterocycles. The number of benzene rings is 2. The molecule has 0 N–H and O–H groups in total. The Hall–Kier alpha value is -1.81. The molecule has 0 unspecified atom stereocenters. The number of ether oxygens (including phenoxy) is 1. The molecule has 0 spiro atoms. The maximum absolute atomic E-state index is 12.3. The Morgan fingerprint density at radius 3 is 2.14 bits per heavy atom. The molecule has 0 bridgehead atoms. The summed E-state index contributed by atoms with van der Waals surface area (Å²) in [6.45, 7) is 4.52. The summed E-state index contributed by atoms with van der Waals surface area (Å²) >= 11 is -0.542. The quantitative estimate of drug-likeness (QED) is 0.213. The number of hydrogen-bond acceptors (Lipinski definition) is 3. The first-order valence-electron chi connectivity index (χ1n) is 8.10. The van der Waals surface area contributed by atoms with Gasteiger partial charge in [0.2, 0.25) is 0 Å². The van der Waals surface area contributed by atoms with Crippen LogP contribution >= 0.6 is 7.81 Å². The van der Waals surface area contributed by atoms with Gasteiger partial charge in [0.1, 0.15) is 11.3 Å². The molecule has 3 aromatic rings. The Bertz CT molecular complexity index is 1060. The van der Waals surface area contributed by atoms with Crippen molar-refractivity contribution in [3.63, 3.8) is 0 Å². The third-order valence-electron chi connectivity index (χ3n) is 3.32. The number of fused-ring (bicyclic) bond motifs is 1. The van der Waals surface area contributed by atoms with Gasteiger partial charge in [-0.3, -0.25) is 0 Å². The second-order valence-electron chi connectivity index (χ2n) is 5.77. The minimum absolute atomic E-state index is 0.227. The van der Waals surface area contributed by atoms with Gasteiger partial charge in [-0.15, -0.1) is 0 Å². The zero-order chi connectivity index (χ0) is 21.9. The summed E-state index contributed by atoms with van der Waals surface area (Å²) in [5.41, 5.74) is 1.38. The van der Waals surface area contributed by atoms with Gasteiger partial charge in [-0.25, -0.2) is 4.79 Å². The van der Waals surface area contributed by atoms with Crippen LogP contribution in [-0.2, 0) is 0 Å². The van der Waals surface area contributed by atoms with Gasteiger partial charge in [0, 0.05) is 17.0 Å². The molecule has 0 fully saturated rings. The molecule has 0 saturated carbocycles. The normalized spacial score (nSPS) is 13.8. The third kappa shape index (κ3) is 8.61. The van der Waals surface area contributed by atoms with Gasteiger partial charge in [0.25, 0.3) is 3.57 Å². The topological polar surface area (TPSA) is 39.4 Å². The fourth-order valence-corrected chi connectivity index (χ4v) is 4.69. The van der Waals surface area contributed by atoms with Crippen LogP contribution in [0.4, 0.5) is 25.2 Å². The molecule has 0 atom stereocenters. The van der Waals surface area contributed by atoms with E-state index in [-0.39, 0.29) is 5.63 Å². The zero-order valence-electron chi connectivity index (χ0n) is 15.1. The molecule has 0 amide bonds. The van der Waals surface area contributed by atoms with Crippen molar-refractivity contribution in [3.8, 4) is 5.75 Å². The first kappa shape index (κ1) is 23.5. The van der Waals surface area contributed by atoms with E-state index in [0.29, 0.717) is 12.2 Å². The Kier molecular flexibility index (Phi) is 6.30. The summed E-state index contributed by atoms with van der Waals surface area (Å²) in [6.07, 6.45) is 0. The molecule has 0 aliphatic carbocycles. The molecular weight excluding hydrogens is 536 g/mol. The van der Waals surface area contributed by atoms with Crippen molar-refractivity contribution in [2.24, 2.45) is 0 Å². The molecule has 3 rings (SSSR count). The predicted octanol–water partition coefficient (Wildman–Crippen LogP) is 4.01. The second-order valence-corrected chi connectivity index (χ2v) is 10.5. The van der Waals surface area contributed by atoms with Gasteiger partial charge < -0.3 is 9.15 Å². The molecule has 160 valence electrons. The molecule has 3 nitrogen and oxygen atoms in total. The van der Waals surface area contributed by atoms with Crippen molar-refractivity contribution in [1.82, 2.24) is 0 Å². The van der Waals surface area contributed by atoms with Crippen LogP contribution in [0.2, 0.25) is 0 Å². The summed E-state index contributed by atoms with van der Waals surface area (Å²) in [6, 6.07) is 15.8. The molecular formula is C18H16F6IO3P. The van der Waals surface area contributed by atoms with Gasteiger partial charge in [-0.05, 0) is 38.1 Å². The zero-order valence-corrected chi connectivity index (χ0v) is 18.2. The molecule has 0 radical (unpaired) electrons. The maximum atomic E-state index is 12.3. The van der Waals surface area contributed by atoms with Crippen LogP contribution in [0, 0.1) is 14.1 Å². The van der Waals surface area contributed by atoms with Crippen molar-refractivity contribution in [3.05, 3.63) is 71.7 Å². The SMILES string of the molecule is CCOc1ccc2c(C)c([I+]c3ccccc3)c(=O)oc2c1.F[P-](F)(F)(F)(F)F. The molecule has 1 heterocycles. The van der Waals surface area contributed by atoms with E-state index in [9.17, 15) is 30.0 Å². The standard InChI is InChI=1S/C18H16IO3.F6P/c1-3-21-14-9-10-15-12(2)17(18(20)22-16(15)11-14)19-13-7-5-4-6-8-13;1-7(2,3,4,5)6/h4-11H,3H2,1-2H3;/q+1;-1. The van der Waals surface area contributed by atoms with E-state index in [1.165, 1.54) is 3.57 Å². The first-order valence-corrected chi connectivity index (χ1v) is 12.3. The van der Waals surface area contributed by atoms with Crippen LogP contribution in [-0.4, -0.2) is 6.61 Å². The van der Waals surface area contributed by atoms with E-state index in [2.05, 4.69) is 12.1 Å². The second kappa shape index (κ2) is 7.79. The minimum atomic E-state index is -10.7. The molecule has 1 aromatic heterocycles. The molecule has 29 heavy (non-hydrogen) atoms. The van der Waals surface area contributed by atoms with Crippen LogP contribution in [0.1, 0.15) is 12.5 Å². The van der Waals surface area contributed by atoms with Crippen LogP contribution in [0.5, 0.6) is 5.75 Å². The third-order valence-corrected chi connectivity index (χ3v) is 6.45. The number of hydrogen-bond donors (Lipinski definition) is 0. The summed E-state index contributed by atoms with van der Waals surface area (Å²) in [5.74, 6) is 0.725. The fourth-order valence-electron chi connectivity index (χ4n) is 2.27. The van der Waals surface area contributed by atoms with E-state index in [1.54, 1.807) is 6.07 Å². The number of halogens is 7. The number of rotatable bonds is 4. The van der Waals surface area contributed by atoms with E-state index in [1.807, 2.05) is 44.2 Å². The average molecular weight is 552 g/mol. The Balaban J connectivity index is 0.000000370. The Labute approximate surface area is 172 Å². The Morgan fingerprint density at radius 2 is 1.59 bits per heavy atom. The van der Waals surface area contributed by atoms with Crippen LogP contribution in [0.25, 0.3) is 11.0 Å². The molecule has 0 saturated heterocycles. The average Bonchev–Trinajstić information content (AvgIpc) is 2.57. The Morgan fingerprint density at radius 1 is 1.00 bits per heavy atom. The first-order chi connectivity index (χ1) is 13.1. The molecule has 0 aliphatic rings. The summed E-state index contributed by atoms with van der Waals surface area (Å²) < 4.78 is 72.2. The van der Waals surface area contributed by atoms with Crippen molar-refractivity contribution >= 4 is 18.8 Å². The van der Waals surface area contributed by atoms with Gasteiger partial charge in [0.15, 0.2) is 3.57 Å². The van der Waals surface area contributed by atoms with Gasteiger partial charge in [-0.2, -0.15) is 0 Å². The van der Waals surface area contributed by atoms with E-state index >= 15 is 0 Å². The van der Waals surface area contributed by atoms with Crippen molar-refractivity contribution in [1.29, 1.82) is 0 Å². The number of aryl methyl sites for hydroxylation is 1. The predicted molar refractivity (Wildman–Crippen MR) is 95.8 cm³/mol.